The Morgan fingerprint density at radius 2 is 1.88 bits per heavy atom. The fourth-order valence-corrected chi connectivity index (χ4v) is 3.33. The lowest BCUT2D eigenvalue weighted by Gasteiger charge is -2.33. The number of phenols is 2. The number of ether oxygens (including phenoxy) is 1. The molecule has 0 amide bonds. The van der Waals surface area contributed by atoms with E-state index < -0.39 is 18.1 Å². The molecule has 0 spiro atoms. The fourth-order valence-electron chi connectivity index (χ4n) is 3.33. The zero-order chi connectivity index (χ0) is 18.0. The maximum Gasteiger partial charge on any atom is 0.160 e. The van der Waals surface area contributed by atoms with Gasteiger partial charge in [0.2, 0.25) is 0 Å². The molecule has 1 aliphatic carbocycles. The van der Waals surface area contributed by atoms with E-state index in [-0.39, 0.29) is 11.5 Å². The predicted molar refractivity (Wildman–Crippen MR) is 94.9 cm³/mol. The molecule has 25 heavy (non-hydrogen) atoms. The minimum atomic E-state index is -0.892. The molecule has 2 aromatic rings. The number of fused-ring (bicyclic) bond motifs is 1. The summed E-state index contributed by atoms with van der Waals surface area (Å²) in [5, 5.41) is 40.3. The van der Waals surface area contributed by atoms with Gasteiger partial charge in [0.05, 0.1) is 19.3 Å². The topological polar surface area (TPSA) is 90.2 Å². The minimum Gasteiger partial charge on any atom is -0.508 e. The van der Waals surface area contributed by atoms with Crippen molar-refractivity contribution in [2.24, 2.45) is 0 Å². The summed E-state index contributed by atoms with van der Waals surface area (Å²) in [6, 6.07) is 9.96. The number of aliphatic hydroxyl groups excluding tert-OH is 2. The highest BCUT2D eigenvalue weighted by atomic mass is 16.5. The van der Waals surface area contributed by atoms with Crippen molar-refractivity contribution in [1.29, 1.82) is 0 Å². The van der Waals surface area contributed by atoms with Gasteiger partial charge in [-0.3, -0.25) is 0 Å². The molecule has 0 bridgehead atoms. The van der Waals surface area contributed by atoms with Crippen molar-refractivity contribution in [3.63, 3.8) is 0 Å². The molecule has 0 saturated carbocycles. The number of hydrogen-bond acceptors (Lipinski definition) is 5. The Morgan fingerprint density at radius 1 is 1.16 bits per heavy atom. The quantitative estimate of drug-likeness (QED) is 0.686. The molecule has 0 unspecified atom stereocenters. The summed E-state index contributed by atoms with van der Waals surface area (Å²) < 4.78 is 5.16. The van der Waals surface area contributed by atoms with Gasteiger partial charge in [-0.05, 0) is 53.8 Å². The first-order chi connectivity index (χ1) is 12.0. The molecule has 3 atom stereocenters. The highest BCUT2D eigenvalue weighted by molar-refractivity contribution is 5.53. The highest BCUT2D eigenvalue weighted by Gasteiger charge is 2.33. The number of aliphatic hydroxyl groups is 2. The van der Waals surface area contributed by atoms with Gasteiger partial charge in [-0.15, -0.1) is 0 Å². The van der Waals surface area contributed by atoms with Crippen LogP contribution in [0, 0.1) is 0 Å². The number of aryl methyl sites for hydroxylation is 1. The van der Waals surface area contributed by atoms with E-state index in [2.05, 4.69) is 0 Å². The molecule has 1 aliphatic rings. The number of benzene rings is 2. The second-order valence-electron chi connectivity index (χ2n) is 6.30. The Labute approximate surface area is 146 Å². The summed E-state index contributed by atoms with van der Waals surface area (Å²) in [7, 11) is 1.47. The molecular formula is C20H22O5. The standard InChI is InChI=1S/C20H22O5/c1-25-19-11-15-13(10-18(19)24)5-9-17(23)20(15)16(22)8-4-12-2-6-14(21)7-3-12/h2-4,6-8,10-11,16-17,20-24H,5,9H2,1H3/t16-,17-,20-/m0/s1. The third-order valence-electron chi connectivity index (χ3n) is 4.67. The summed E-state index contributed by atoms with van der Waals surface area (Å²) >= 11 is 0. The molecule has 3 rings (SSSR count). The van der Waals surface area contributed by atoms with E-state index in [1.807, 2.05) is 0 Å². The van der Waals surface area contributed by atoms with Gasteiger partial charge in [0, 0.05) is 5.92 Å². The van der Waals surface area contributed by atoms with Gasteiger partial charge in [-0.2, -0.15) is 0 Å². The van der Waals surface area contributed by atoms with Crippen LogP contribution < -0.4 is 4.74 Å². The third kappa shape index (κ3) is 3.62. The zero-order valence-corrected chi connectivity index (χ0v) is 14.0. The molecule has 2 aromatic carbocycles. The maximum atomic E-state index is 10.6. The van der Waals surface area contributed by atoms with E-state index in [1.54, 1.807) is 48.6 Å². The minimum absolute atomic E-state index is 0.0607. The second kappa shape index (κ2) is 7.17. The molecule has 132 valence electrons. The maximum absolute atomic E-state index is 10.6. The summed E-state index contributed by atoms with van der Waals surface area (Å²) in [6.45, 7) is 0. The van der Waals surface area contributed by atoms with E-state index in [0.717, 1.165) is 16.7 Å². The summed E-state index contributed by atoms with van der Waals surface area (Å²) in [5.41, 5.74) is 2.53. The van der Waals surface area contributed by atoms with Crippen LogP contribution in [0.3, 0.4) is 0 Å². The molecule has 0 radical (unpaired) electrons. The fraction of sp³-hybridized carbons (Fsp3) is 0.300. The molecule has 4 N–H and O–H groups in total. The Bertz CT molecular complexity index is 766. The van der Waals surface area contributed by atoms with Crippen molar-refractivity contribution >= 4 is 6.08 Å². The van der Waals surface area contributed by atoms with Crippen molar-refractivity contribution in [1.82, 2.24) is 0 Å². The molecule has 0 saturated heterocycles. The number of hydrogen-bond donors (Lipinski definition) is 4. The number of aromatic hydroxyl groups is 2. The van der Waals surface area contributed by atoms with E-state index in [0.29, 0.717) is 18.6 Å². The lowest BCUT2D eigenvalue weighted by Crippen LogP contribution is -2.33. The number of methoxy groups -OCH3 is 1. The van der Waals surface area contributed by atoms with Crippen LogP contribution in [0.4, 0.5) is 0 Å². The van der Waals surface area contributed by atoms with E-state index >= 15 is 0 Å². The number of rotatable bonds is 4. The Kier molecular flexibility index (Phi) is 4.97. The van der Waals surface area contributed by atoms with Gasteiger partial charge in [-0.25, -0.2) is 0 Å². The first kappa shape index (κ1) is 17.3. The molecule has 0 aliphatic heterocycles. The number of phenolic OH excluding ortho intramolecular Hbond substituents is 2. The Hall–Kier alpha value is -2.50. The SMILES string of the molecule is COc1cc2c(cc1O)CC[C@H](O)[C@@H]2[C@@H](O)C=Cc1ccc(O)cc1. The predicted octanol–water partition coefficient (Wildman–Crippen LogP) is 2.57. The molecule has 5 heteroatoms. The van der Waals surface area contributed by atoms with Gasteiger partial charge >= 0.3 is 0 Å². The molecule has 5 nitrogen and oxygen atoms in total. The van der Waals surface area contributed by atoms with Gasteiger partial charge in [0.15, 0.2) is 11.5 Å². The second-order valence-corrected chi connectivity index (χ2v) is 6.30. The van der Waals surface area contributed by atoms with Crippen LogP contribution in [0.2, 0.25) is 0 Å². The van der Waals surface area contributed by atoms with E-state index in [4.69, 9.17) is 4.74 Å². The van der Waals surface area contributed by atoms with Crippen LogP contribution in [-0.2, 0) is 6.42 Å². The monoisotopic (exact) mass is 342 g/mol. The first-order valence-electron chi connectivity index (χ1n) is 8.22. The zero-order valence-electron chi connectivity index (χ0n) is 14.0. The van der Waals surface area contributed by atoms with Crippen molar-refractivity contribution in [2.45, 2.75) is 31.0 Å². The molecule has 0 fully saturated rings. The highest BCUT2D eigenvalue weighted by Crippen LogP contribution is 2.40. The van der Waals surface area contributed by atoms with Crippen molar-refractivity contribution in [3.05, 3.63) is 59.2 Å². The largest absolute Gasteiger partial charge is 0.508 e. The van der Waals surface area contributed by atoms with Crippen molar-refractivity contribution in [3.8, 4) is 17.2 Å². The lowest BCUT2D eigenvalue weighted by molar-refractivity contribution is 0.0640. The lowest BCUT2D eigenvalue weighted by atomic mass is 9.77. The average molecular weight is 342 g/mol. The Morgan fingerprint density at radius 3 is 2.56 bits per heavy atom. The molecule has 0 aromatic heterocycles. The van der Waals surface area contributed by atoms with Crippen LogP contribution >= 0.6 is 0 Å². The molecular weight excluding hydrogens is 320 g/mol. The smallest absolute Gasteiger partial charge is 0.160 e. The van der Waals surface area contributed by atoms with Crippen LogP contribution in [0.1, 0.15) is 29.0 Å². The van der Waals surface area contributed by atoms with Crippen LogP contribution in [0.25, 0.3) is 6.08 Å². The Balaban J connectivity index is 1.89. The van der Waals surface area contributed by atoms with E-state index in [1.165, 1.54) is 7.11 Å². The van der Waals surface area contributed by atoms with Crippen molar-refractivity contribution in [2.75, 3.05) is 7.11 Å². The van der Waals surface area contributed by atoms with Gasteiger partial charge < -0.3 is 25.2 Å². The van der Waals surface area contributed by atoms with Crippen molar-refractivity contribution < 1.29 is 25.2 Å². The third-order valence-corrected chi connectivity index (χ3v) is 4.67. The summed E-state index contributed by atoms with van der Waals surface area (Å²) in [4.78, 5) is 0. The normalized spacial score (nSPS) is 21.1. The van der Waals surface area contributed by atoms with Crippen LogP contribution in [0.15, 0.2) is 42.5 Å². The average Bonchev–Trinajstić information content (AvgIpc) is 2.60. The van der Waals surface area contributed by atoms with E-state index in [9.17, 15) is 20.4 Å². The van der Waals surface area contributed by atoms with Gasteiger partial charge in [0.25, 0.3) is 0 Å². The van der Waals surface area contributed by atoms with Crippen LogP contribution in [-0.4, -0.2) is 39.7 Å². The first-order valence-corrected chi connectivity index (χ1v) is 8.22. The van der Waals surface area contributed by atoms with Crippen LogP contribution in [0.5, 0.6) is 17.2 Å². The summed E-state index contributed by atoms with van der Waals surface area (Å²) in [6.07, 6.45) is 2.97. The molecule has 0 heterocycles. The summed E-state index contributed by atoms with van der Waals surface area (Å²) in [5.74, 6) is 0.0749. The van der Waals surface area contributed by atoms with Gasteiger partial charge in [0.1, 0.15) is 5.75 Å². The van der Waals surface area contributed by atoms with Gasteiger partial charge in [-0.1, -0.05) is 24.3 Å².